The molecule has 1 fully saturated rings. The fourth-order valence-corrected chi connectivity index (χ4v) is 1.13. The highest BCUT2D eigenvalue weighted by atomic mass is 16.7. The highest BCUT2D eigenvalue weighted by Gasteiger charge is 2.32. The summed E-state index contributed by atoms with van der Waals surface area (Å²) in [6.07, 6.45) is -0.211. The number of rotatable bonds is 4. The van der Waals surface area contributed by atoms with Crippen LogP contribution in [0.1, 0.15) is 32.6 Å². The van der Waals surface area contributed by atoms with Crippen molar-refractivity contribution in [2.45, 2.75) is 38.7 Å². The molecule has 6 nitrogen and oxygen atoms in total. The van der Waals surface area contributed by atoms with Gasteiger partial charge in [0.1, 0.15) is 0 Å². The molecule has 84 valence electrons. The Morgan fingerprint density at radius 3 is 2.47 bits per heavy atom. The van der Waals surface area contributed by atoms with Crippen molar-refractivity contribution in [3.05, 3.63) is 0 Å². The van der Waals surface area contributed by atoms with Crippen LogP contribution in [-0.2, 0) is 19.2 Å². The molecule has 1 heterocycles. The van der Waals surface area contributed by atoms with Crippen molar-refractivity contribution in [3.63, 3.8) is 0 Å². The van der Waals surface area contributed by atoms with Crippen LogP contribution in [0.5, 0.6) is 0 Å². The van der Waals surface area contributed by atoms with Gasteiger partial charge < -0.3 is 9.94 Å². The molecule has 1 rings (SSSR count). The molecule has 0 aliphatic carbocycles. The van der Waals surface area contributed by atoms with E-state index in [-0.39, 0.29) is 25.7 Å². The van der Waals surface area contributed by atoms with Crippen LogP contribution < -0.4 is 0 Å². The van der Waals surface area contributed by atoms with Gasteiger partial charge in [-0.2, -0.15) is 0 Å². The molecule has 0 aromatic rings. The number of hydrogen-bond acceptors (Lipinski definition) is 5. The molecule has 0 aromatic carbocycles. The van der Waals surface area contributed by atoms with Crippen molar-refractivity contribution in [2.24, 2.45) is 0 Å². The number of aliphatic hydroxyl groups is 1. The molecular formula is C9H13NO5. The van der Waals surface area contributed by atoms with Crippen LogP contribution in [0, 0.1) is 0 Å². The fourth-order valence-electron chi connectivity index (χ4n) is 1.13. The summed E-state index contributed by atoms with van der Waals surface area (Å²) < 4.78 is 0. The van der Waals surface area contributed by atoms with Gasteiger partial charge in [0, 0.05) is 12.8 Å². The first-order chi connectivity index (χ1) is 7.00. The average Bonchev–Trinajstić information content (AvgIpc) is 2.46. The monoisotopic (exact) mass is 215 g/mol. The van der Waals surface area contributed by atoms with Gasteiger partial charge in [0.15, 0.2) is 0 Å². The molecule has 2 amide bonds. The van der Waals surface area contributed by atoms with Crippen molar-refractivity contribution in [1.29, 1.82) is 0 Å². The van der Waals surface area contributed by atoms with Crippen LogP contribution in [0.2, 0.25) is 0 Å². The van der Waals surface area contributed by atoms with Crippen LogP contribution in [0.15, 0.2) is 0 Å². The Labute approximate surface area is 86.8 Å². The van der Waals surface area contributed by atoms with E-state index in [0.29, 0.717) is 5.06 Å². The molecule has 0 saturated carbocycles. The molecule has 15 heavy (non-hydrogen) atoms. The predicted molar refractivity (Wildman–Crippen MR) is 48.1 cm³/mol. The third-order valence-electron chi connectivity index (χ3n) is 1.97. The first-order valence-electron chi connectivity index (χ1n) is 4.75. The maximum Gasteiger partial charge on any atom is 0.333 e. The normalized spacial score (nSPS) is 18.1. The summed E-state index contributed by atoms with van der Waals surface area (Å²) in [7, 11) is 0. The number of nitrogens with zero attached hydrogens (tertiary/aromatic N) is 1. The molecule has 1 atom stereocenters. The van der Waals surface area contributed by atoms with E-state index in [1.807, 2.05) is 0 Å². The highest BCUT2D eigenvalue weighted by Crippen LogP contribution is 2.13. The van der Waals surface area contributed by atoms with Crippen molar-refractivity contribution in [2.75, 3.05) is 0 Å². The van der Waals surface area contributed by atoms with Crippen LogP contribution in [0.4, 0.5) is 0 Å². The van der Waals surface area contributed by atoms with E-state index in [0.717, 1.165) is 0 Å². The summed E-state index contributed by atoms with van der Waals surface area (Å²) in [6.45, 7) is 1.54. The lowest BCUT2D eigenvalue weighted by molar-refractivity contribution is -0.197. The Morgan fingerprint density at radius 1 is 1.47 bits per heavy atom. The average molecular weight is 215 g/mol. The third-order valence-corrected chi connectivity index (χ3v) is 1.97. The summed E-state index contributed by atoms with van der Waals surface area (Å²) >= 11 is 0. The number of carbonyl (C=O) groups excluding carboxylic acids is 3. The van der Waals surface area contributed by atoms with Gasteiger partial charge >= 0.3 is 5.97 Å². The molecule has 0 bridgehead atoms. The Hall–Kier alpha value is -1.43. The number of carbonyl (C=O) groups is 3. The summed E-state index contributed by atoms with van der Waals surface area (Å²) in [5.74, 6) is -1.67. The second-order valence-corrected chi connectivity index (χ2v) is 3.43. The second kappa shape index (κ2) is 4.88. The first-order valence-corrected chi connectivity index (χ1v) is 4.75. The van der Waals surface area contributed by atoms with Gasteiger partial charge in [-0.25, -0.2) is 4.79 Å². The SMILES string of the molecule is CC(O)CCC(=O)ON1C(=O)CCC1=O. The molecule has 0 spiro atoms. The molecule has 0 aromatic heterocycles. The third kappa shape index (κ3) is 3.32. The van der Waals surface area contributed by atoms with Gasteiger partial charge in [0.25, 0.3) is 11.8 Å². The minimum Gasteiger partial charge on any atom is -0.393 e. The van der Waals surface area contributed by atoms with E-state index in [2.05, 4.69) is 4.84 Å². The maximum atomic E-state index is 11.1. The molecular weight excluding hydrogens is 202 g/mol. The van der Waals surface area contributed by atoms with Gasteiger partial charge in [-0.3, -0.25) is 9.59 Å². The topological polar surface area (TPSA) is 83.9 Å². The number of hydrogen-bond donors (Lipinski definition) is 1. The van der Waals surface area contributed by atoms with Gasteiger partial charge in [-0.05, 0) is 13.3 Å². The standard InChI is InChI=1S/C9H13NO5/c1-6(11)2-5-9(14)15-10-7(12)3-4-8(10)13/h6,11H,2-5H2,1H3. The number of hydroxylamine groups is 2. The number of aliphatic hydroxyl groups excluding tert-OH is 1. The number of amides is 2. The zero-order valence-electron chi connectivity index (χ0n) is 8.43. The quantitative estimate of drug-likeness (QED) is 0.654. The van der Waals surface area contributed by atoms with E-state index >= 15 is 0 Å². The summed E-state index contributed by atoms with van der Waals surface area (Å²) in [4.78, 5) is 37.8. The Bertz CT molecular complexity index is 270. The molecule has 1 aliphatic rings. The zero-order valence-corrected chi connectivity index (χ0v) is 8.43. The number of imide groups is 1. The minimum absolute atomic E-state index is 0.0191. The Balaban J connectivity index is 2.37. The zero-order chi connectivity index (χ0) is 11.4. The summed E-state index contributed by atoms with van der Waals surface area (Å²) in [5.41, 5.74) is 0. The lowest BCUT2D eigenvalue weighted by Gasteiger charge is -2.12. The van der Waals surface area contributed by atoms with E-state index in [1.165, 1.54) is 0 Å². The highest BCUT2D eigenvalue weighted by molar-refractivity contribution is 6.01. The maximum absolute atomic E-state index is 11.1. The predicted octanol–water partition coefficient (Wildman–Crippen LogP) is -0.245. The summed E-state index contributed by atoms with van der Waals surface area (Å²) in [6, 6.07) is 0. The lowest BCUT2D eigenvalue weighted by Crippen LogP contribution is -2.32. The van der Waals surface area contributed by atoms with E-state index in [9.17, 15) is 14.4 Å². The lowest BCUT2D eigenvalue weighted by atomic mass is 10.2. The van der Waals surface area contributed by atoms with Crippen LogP contribution >= 0.6 is 0 Å². The largest absolute Gasteiger partial charge is 0.393 e. The molecule has 6 heteroatoms. The molecule has 0 radical (unpaired) electrons. The van der Waals surface area contributed by atoms with Crippen molar-refractivity contribution in [1.82, 2.24) is 5.06 Å². The van der Waals surface area contributed by atoms with E-state index in [1.54, 1.807) is 6.92 Å². The Kier molecular flexibility index (Phi) is 3.79. The van der Waals surface area contributed by atoms with Crippen molar-refractivity contribution >= 4 is 17.8 Å². The second-order valence-electron chi connectivity index (χ2n) is 3.43. The van der Waals surface area contributed by atoms with Crippen LogP contribution in [0.25, 0.3) is 0 Å². The minimum atomic E-state index is -0.681. The van der Waals surface area contributed by atoms with Crippen molar-refractivity contribution < 1.29 is 24.3 Å². The molecule has 1 unspecified atom stereocenters. The smallest absolute Gasteiger partial charge is 0.333 e. The molecule has 1 N–H and O–H groups in total. The van der Waals surface area contributed by atoms with Gasteiger partial charge in [0.05, 0.1) is 12.5 Å². The van der Waals surface area contributed by atoms with E-state index < -0.39 is 23.9 Å². The van der Waals surface area contributed by atoms with Crippen LogP contribution in [-0.4, -0.2) is 34.1 Å². The van der Waals surface area contributed by atoms with Gasteiger partial charge in [-0.15, -0.1) is 5.06 Å². The van der Waals surface area contributed by atoms with Crippen LogP contribution in [0.3, 0.4) is 0 Å². The van der Waals surface area contributed by atoms with Crippen molar-refractivity contribution in [3.8, 4) is 0 Å². The molecule has 1 saturated heterocycles. The molecule has 1 aliphatic heterocycles. The van der Waals surface area contributed by atoms with E-state index in [4.69, 9.17) is 5.11 Å². The summed E-state index contributed by atoms with van der Waals surface area (Å²) in [5, 5.41) is 9.42. The first kappa shape index (κ1) is 11.6. The van der Waals surface area contributed by atoms with Gasteiger partial charge in [-0.1, -0.05) is 0 Å². The van der Waals surface area contributed by atoms with Gasteiger partial charge in [0.2, 0.25) is 0 Å². The Morgan fingerprint density at radius 2 is 2.00 bits per heavy atom. The fraction of sp³-hybridized carbons (Fsp3) is 0.667.